The van der Waals surface area contributed by atoms with Gasteiger partial charge in [-0.05, 0) is 48.4 Å². The number of likely N-dealkylation sites (tertiary alicyclic amines) is 1. The van der Waals surface area contributed by atoms with Crippen molar-refractivity contribution in [3.63, 3.8) is 0 Å². The summed E-state index contributed by atoms with van der Waals surface area (Å²) >= 11 is 0. The third-order valence-corrected chi connectivity index (χ3v) is 5.52. The number of amides is 1. The average molecular weight is 339 g/mol. The van der Waals surface area contributed by atoms with E-state index in [2.05, 4.69) is 5.10 Å². The van der Waals surface area contributed by atoms with Gasteiger partial charge in [-0.25, -0.2) is 9.48 Å². The Balaban J connectivity index is 1.47. The summed E-state index contributed by atoms with van der Waals surface area (Å²) in [5, 5.41) is 13.8. The maximum Gasteiger partial charge on any atom is 0.326 e. The highest BCUT2D eigenvalue weighted by molar-refractivity contribution is 5.86. The second kappa shape index (κ2) is 6.35. The summed E-state index contributed by atoms with van der Waals surface area (Å²) in [4.78, 5) is 26.0. The number of hydrogen-bond donors (Lipinski definition) is 1. The van der Waals surface area contributed by atoms with Crippen molar-refractivity contribution in [1.82, 2.24) is 14.7 Å². The summed E-state index contributed by atoms with van der Waals surface area (Å²) in [5.41, 5.74) is 1.82. The zero-order chi connectivity index (χ0) is 17.4. The molecule has 6 nitrogen and oxygen atoms in total. The molecule has 1 amide bonds. The number of aliphatic carboxylic acids is 1. The van der Waals surface area contributed by atoms with E-state index < -0.39 is 12.0 Å². The third kappa shape index (κ3) is 2.92. The average Bonchev–Trinajstić information content (AvgIpc) is 3.31. The molecule has 2 aromatic rings. The molecule has 0 spiro atoms. The third-order valence-electron chi connectivity index (χ3n) is 5.52. The molecule has 1 saturated carbocycles. The molecule has 1 aliphatic carbocycles. The predicted molar refractivity (Wildman–Crippen MR) is 91.2 cm³/mol. The van der Waals surface area contributed by atoms with Crippen molar-refractivity contribution >= 4 is 11.9 Å². The number of benzene rings is 1. The molecule has 3 atom stereocenters. The summed E-state index contributed by atoms with van der Waals surface area (Å²) < 4.78 is 1.76. The Morgan fingerprint density at radius 2 is 2.00 bits per heavy atom. The first-order valence-electron chi connectivity index (χ1n) is 8.75. The molecule has 1 N–H and O–H groups in total. The standard InChI is InChI=1S/C19H21N3O3/c23-17(21-12-14-3-1-4-16(14)18(21)19(24)25)11-13-5-7-15(8-6-13)22-10-2-9-20-22/h2,5-10,14,16,18H,1,3-4,11-12H2,(H,24,25). The molecule has 2 aliphatic rings. The minimum atomic E-state index is -0.864. The van der Waals surface area contributed by atoms with Crippen LogP contribution in [0.5, 0.6) is 0 Å². The Morgan fingerprint density at radius 3 is 2.68 bits per heavy atom. The van der Waals surface area contributed by atoms with Gasteiger partial charge in [-0.1, -0.05) is 18.6 Å². The minimum Gasteiger partial charge on any atom is -0.480 e. The summed E-state index contributed by atoms with van der Waals surface area (Å²) in [7, 11) is 0. The minimum absolute atomic E-state index is 0.0892. The lowest BCUT2D eigenvalue weighted by Crippen LogP contribution is -2.43. The lowest BCUT2D eigenvalue weighted by atomic mass is 9.94. The first kappa shape index (κ1) is 15.9. The second-order valence-electron chi connectivity index (χ2n) is 6.98. The molecule has 1 aromatic carbocycles. The number of hydrogen-bond acceptors (Lipinski definition) is 3. The second-order valence-corrected chi connectivity index (χ2v) is 6.98. The lowest BCUT2D eigenvalue weighted by molar-refractivity contribution is -0.149. The summed E-state index contributed by atoms with van der Waals surface area (Å²) in [6, 6.07) is 8.85. The summed E-state index contributed by atoms with van der Waals surface area (Å²) in [6.45, 7) is 0.589. The van der Waals surface area contributed by atoms with Crippen molar-refractivity contribution in [2.24, 2.45) is 11.8 Å². The van der Waals surface area contributed by atoms with E-state index in [-0.39, 0.29) is 18.2 Å². The number of aromatic nitrogens is 2. The predicted octanol–water partition coefficient (Wildman–Crippen LogP) is 2.13. The van der Waals surface area contributed by atoms with Crippen LogP contribution in [0.1, 0.15) is 24.8 Å². The molecule has 2 heterocycles. The maximum atomic E-state index is 12.7. The van der Waals surface area contributed by atoms with Gasteiger partial charge in [-0.2, -0.15) is 5.10 Å². The van der Waals surface area contributed by atoms with E-state index in [1.165, 1.54) is 0 Å². The number of carboxylic acid groups (broad SMARTS) is 1. The highest BCUT2D eigenvalue weighted by Crippen LogP contribution is 2.42. The van der Waals surface area contributed by atoms with Crippen LogP contribution in [0.4, 0.5) is 0 Å². The number of carbonyl (C=O) groups excluding carboxylic acids is 1. The zero-order valence-electron chi connectivity index (χ0n) is 13.9. The highest BCUT2D eigenvalue weighted by atomic mass is 16.4. The fourth-order valence-corrected chi connectivity index (χ4v) is 4.34. The molecule has 3 unspecified atom stereocenters. The van der Waals surface area contributed by atoms with Crippen molar-refractivity contribution in [3.8, 4) is 5.69 Å². The van der Waals surface area contributed by atoms with Gasteiger partial charge in [-0.3, -0.25) is 4.79 Å². The molecule has 0 radical (unpaired) electrons. The van der Waals surface area contributed by atoms with E-state index in [0.717, 1.165) is 30.5 Å². The van der Waals surface area contributed by atoms with Crippen LogP contribution >= 0.6 is 0 Å². The van der Waals surface area contributed by atoms with Crippen LogP contribution in [-0.2, 0) is 16.0 Å². The van der Waals surface area contributed by atoms with Crippen molar-refractivity contribution in [3.05, 3.63) is 48.3 Å². The molecule has 130 valence electrons. The van der Waals surface area contributed by atoms with Crippen LogP contribution in [0.25, 0.3) is 5.69 Å². The smallest absolute Gasteiger partial charge is 0.326 e. The van der Waals surface area contributed by atoms with E-state index in [0.29, 0.717) is 12.5 Å². The summed E-state index contributed by atoms with van der Waals surface area (Å²) in [5.74, 6) is -0.471. The Labute approximate surface area is 146 Å². The van der Waals surface area contributed by atoms with Gasteiger partial charge in [0.2, 0.25) is 5.91 Å². The van der Waals surface area contributed by atoms with Gasteiger partial charge in [0.05, 0.1) is 12.1 Å². The van der Waals surface area contributed by atoms with Crippen LogP contribution < -0.4 is 0 Å². The quantitative estimate of drug-likeness (QED) is 0.926. The Kier molecular flexibility index (Phi) is 4.03. The molecular weight excluding hydrogens is 318 g/mol. The number of nitrogens with zero attached hydrogens (tertiary/aromatic N) is 3. The molecule has 1 aliphatic heterocycles. The fourth-order valence-electron chi connectivity index (χ4n) is 4.34. The highest BCUT2D eigenvalue weighted by Gasteiger charge is 2.49. The van der Waals surface area contributed by atoms with E-state index in [1.54, 1.807) is 15.8 Å². The van der Waals surface area contributed by atoms with Crippen LogP contribution in [-0.4, -0.2) is 44.3 Å². The summed E-state index contributed by atoms with van der Waals surface area (Å²) in [6.07, 6.45) is 6.85. The van der Waals surface area contributed by atoms with Crippen molar-refractivity contribution in [1.29, 1.82) is 0 Å². The van der Waals surface area contributed by atoms with Gasteiger partial charge in [0.1, 0.15) is 6.04 Å². The van der Waals surface area contributed by atoms with Crippen molar-refractivity contribution in [2.75, 3.05) is 6.54 Å². The van der Waals surface area contributed by atoms with E-state index in [9.17, 15) is 14.7 Å². The molecule has 25 heavy (non-hydrogen) atoms. The number of fused-ring (bicyclic) bond motifs is 1. The topological polar surface area (TPSA) is 75.4 Å². The Bertz CT molecular complexity index is 770. The van der Waals surface area contributed by atoms with Crippen LogP contribution in [0, 0.1) is 11.8 Å². The van der Waals surface area contributed by atoms with E-state index >= 15 is 0 Å². The van der Waals surface area contributed by atoms with Crippen LogP contribution in [0.3, 0.4) is 0 Å². The van der Waals surface area contributed by atoms with Gasteiger partial charge in [0, 0.05) is 18.9 Å². The molecular formula is C19H21N3O3. The molecule has 0 bridgehead atoms. The first-order chi connectivity index (χ1) is 12.1. The molecule has 1 aromatic heterocycles. The van der Waals surface area contributed by atoms with Crippen molar-refractivity contribution in [2.45, 2.75) is 31.7 Å². The molecule has 4 rings (SSSR count). The van der Waals surface area contributed by atoms with Gasteiger partial charge in [0.15, 0.2) is 0 Å². The Morgan fingerprint density at radius 1 is 1.20 bits per heavy atom. The molecule has 2 fully saturated rings. The zero-order valence-corrected chi connectivity index (χ0v) is 13.9. The lowest BCUT2D eigenvalue weighted by Gasteiger charge is -2.24. The number of rotatable bonds is 4. The van der Waals surface area contributed by atoms with E-state index in [1.807, 2.05) is 36.5 Å². The van der Waals surface area contributed by atoms with Gasteiger partial charge >= 0.3 is 5.97 Å². The van der Waals surface area contributed by atoms with Crippen LogP contribution in [0.15, 0.2) is 42.7 Å². The van der Waals surface area contributed by atoms with Crippen LogP contribution in [0.2, 0.25) is 0 Å². The Hall–Kier alpha value is -2.63. The SMILES string of the molecule is O=C(O)C1C2CCCC2CN1C(=O)Cc1ccc(-n2cccn2)cc1. The largest absolute Gasteiger partial charge is 0.480 e. The normalized spacial score (nSPS) is 25.1. The molecule has 1 saturated heterocycles. The van der Waals surface area contributed by atoms with Gasteiger partial charge in [-0.15, -0.1) is 0 Å². The monoisotopic (exact) mass is 339 g/mol. The number of carbonyl (C=O) groups is 2. The first-order valence-corrected chi connectivity index (χ1v) is 8.75. The number of carboxylic acids is 1. The van der Waals surface area contributed by atoms with Gasteiger partial charge < -0.3 is 10.0 Å². The molecule has 6 heteroatoms. The van der Waals surface area contributed by atoms with Gasteiger partial charge in [0.25, 0.3) is 0 Å². The fraction of sp³-hybridized carbons (Fsp3) is 0.421. The van der Waals surface area contributed by atoms with E-state index in [4.69, 9.17) is 0 Å². The van der Waals surface area contributed by atoms with Crippen molar-refractivity contribution < 1.29 is 14.7 Å². The maximum absolute atomic E-state index is 12.7.